The Morgan fingerprint density at radius 3 is 2.38 bits per heavy atom. The predicted molar refractivity (Wildman–Crippen MR) is 162 cm³/mol. The van der Waals surface area contributed by atoms with E-state index >= 15 is 0 Å². The van der Waals surface area contributed by atoms with Gasteiger partial charge in [-0.25, -0.2) is 9.97 Å². The lowest BCUT2D eigenvalue weighted by atomic mass is 9.96. The lowest BCUT2D eigenvalue weighted by Gasteiger charge is -2.16. The number of aliphatic hydroxyl groups is 1. The maximum absolute atomic E-state index is 10.3. The van der Waals surface area contributed by atoms with Crippen LogP contribution in [0.2, 0.25) is 5.02 Å². The molecule has 0 bridgehead atoms. The van der Waals surface area contributed by atoms with E-state index in [0.717, 1.165) is 22.7 Å². The molecular weight excluding hydrogens is 562 g/mol. The minimum Gasteiger partial charge on any atom is -0.491 e. The highest BCUT2D eigenvalue weighted by atomic mass is 35.5. The molecule has 4 aromatic rings. The number of rotatable bonds is 12. The Hall–Kier alpha value is -3.60. The molecular formula is C30H28ClN5O2S2. The maximum Gasteiger partial charge on any atom is 0.146 e. The van der Waals surface area contributed by atoms with E-state index in [1.807, 2.05) is 41.8 Å². The van der Waals surface area contributed by atoms with Crippen LogP contribution in [-0.4, -0.2) is 34.8 Å². The van der Waals surface area contributed by atoms with E-state index in [9.17, 15) is 10.5 Å². The number of nitrogens with one attached hydrogen (secondary N) is 1. The van der Waals surface area contributed by atoms with Gasteiger partial charge in [-0.1, -0.05) is 61.5 Å². The van der Waals surface area contributed by atoms with Gasteiger partial charge in [-0.2, -0.15) is 10.5 Å². The first kappa shape index (κ1) is 29.4. The number of anilines is 1. The summed E-state index contributed by atoms with van der Waals surface area (Å²) in [6.07, 6.45) is 0.910. The van der Waals surface area contributed by atoms with Crippen LogP contribution in [-0.2, 0) is 5.75 Å². The zero-order valence-corrected chi connectivity index (χ0v) is 24.5. The molecule has 204 valence electrons. The van der Waals surface area contributed by atoms with Crippen LogP contribution in [0.1, 0.15) is 37.1 Å². The van der Waals surface area contributed by atoms with Crippen molar-refractivity contribution >= 4 is 40.5 Å². The van der Waals surface area contributed by atoms with E-state index < -0.39 is 0 Å². The first-order chi connectivity index (χ1) is 19.4. The standard InChI is InChI=1S/C30H28ClN5O2S2/c1-19(2)11-12-34-28-25(15-32)27(20-5-9-24(10-6-20)38-14-13-37)26(16-33)30(36-28)40-18-23-17-39-29(35-23)21-3-7-22(31)8-4-21/h3-10,17,19,37H,11-14,18H2,1-2H3,(H,34,36). The average molecular weight is 590 g/mol. The number of nitriles is 2. The van der Waals surface area contributed by atoms with E-state index in [1.165, 1.54) is 11.8 Å². The summed E-state index contributed by atoms with van der Waals surface area (Å²) >= 11 is 8.99. The van der Waals surface area contributed by atoms with Gasteiger partial charge < -0.3 is 15.2 Å². The van der Waals surface area contributed by atoms with Gasteiger partial charge in [0.05, 0.1) is 17.9 Å². The third-order valence-electron chi connectivity index (χ3n) is 5.90. The minimum atomic E-state index is -0.0879. The molecule has 0 fully saturated rings. The Bertz CT molecular complexity index is 1520. The predicted octanol–water partition coefficient (Wildman–Crippen LogP) is 7.39. The van der Waals surface area contributed by atoms with E-state index in [4.69, 9.17) is 31.4 Å². The van der Waals surface area contributed by atoms with Gasteiger partial charge in [0.25, 0.3) is 0 Å². The molecule has 2 aromatic carbocycles. The number of thioether (sulfide) groups is 1. The number of halogens is 1. The maximum atomic E-state index is 10.3. The van der Waals surface area contributed by atoms with Gasteiger partial charge in [-0.3, -0.25) is 0 Å². The summed E-state index contributed by atoms with van der Waals surface area (Å²) in [4.78, 5) is 9.53. The number of benzene rings is 2. The molecule has 7 nitrogen and oxygen atoms in total. The highest BCUT2D eigenvalue weighted by molar-refractivity contribution is 7.98. The topological polar surface area (TPSA) is 115 Å². The van der Waals surface area contributed by atoms with Crippen molar-refractivity contribution in [3.05, 3.63) is 75.8 Å². The molecule has 40 heavy (non-hydrogen) atoms. The van der Waals surface area contributed by atoms with E-state index in [2.05, 4.69) is 31.3 Å². The second-order valence-corrected chi connectivity index (χ2v) is 11.5. The first-order valence-corrected chi connectivity index (χ1v) is 15.0. The normalized spacial score (nSPS) is 10.8. The molecule has 0 saturated heterocycles. The van der Waals surface area contributed by atoms with Crippen molar-refractivity contribution in [2.24, 2.45) is 5.92 Å². The largest absolute Gasteiger partial charge is 0.491 e. The van der Waals surface area contributed by atoms with Crippen molar-refractivity contribution in [3.63, 3.8) is 0 Å². The Kier molecular flexibility index (Phi) is 10.4. The molecule has 0 aliphatic carbocycles. The fourth-order valence-electron chi connectivity index (χ4n) is 3.90. The number of nitrogens with zero attached hydrogens (tertiary/aromatic N) is 4. The number of aliphatic hydroxyl groups excluding tert-OH is 1. The van der Waals surface area contributed by atoms with Crippen LogP contribution in [0.4, 0.5) is 5.82 Å². The summed E-state index contributed by atoms with van der Waals surface area (Å²) < 4.78 is 5.49. The van der Waals surface area contributed by atoms with Crippen molar-refractivity contribution in [2.75, 3.05) is 25.1 Å². The van der Waals surface area contributed by atoms with Crippen molar-refractivity contribution < 1.29 is 9.84 Å². The summed E-state index contributed by atoms with van der Waals surface area (Å²) in [7, 11) is 0. The van der Waals surface area contributed by atoms with Crippen molar-refractivity contribution in [1.82, 2.24) is 9.97 Å². The molecule has 0 saturated carbocycles. The molecule has 0 amide bonds. The van der Waals surface area contributed by atoms with Gasteiger partial charge in [0, 0.05) is 33.8 Å². The Labute approximate surface area is 247 Å². The van der Waals surface area contributed by atoms with Gasteiger partial charge >= 0.3 is 0 Å². The third kappa shape index (κ3) is 7.32. The summed E-state index contributed by atoms with van der Waals surface area (Å²) in [5.74, 6) is 2.04. The highest BCUT2D eigenvalue weighted by Gasteiger charge is 2.22. The SMILES string of the molecule is CC(C)CCNc1nc(SCc2csc(-c3ccc(Cl)cc3)n2)c(C#N)c(-c2ccc(OCCO)cc2)c1C#N. The van der Waals surface area contributed by atoms with Crippen LogP contribution in [0.15, 0.2) is 58.9 Å². The number of hydrogen-bond acceptors (Lipinski definition) is 9. The summed E-state index contributed by atoms with van der Waals surface area (Å²) in [6.45, 7) is 5.02. The van der Waals surface area contributed by atoms with Crippen LogP contribution in [0.25, 0.3) is 21.7 Å². The van der Waals surface area contributed by atoms with Crippen LogP contribution < -0.4 is 10.1 Å². The zero-order valence-electron chi connectivity index (χ0n) is 22.1. The average Bonchev–Trinajstić information content (AvgIpc) is 3.44. The molecule has 2 aromatic heterocycles. The first-order valence-electron chi connectivity index (χ1n) is 12.7. The molecule has 0 aliphatic heterocycles. The molecule has 0 unspecified atom stereocenters. The van der Waals surface area contributed by atoms with Crippen molar-refractivity contribution in [2.45, 2.75) is 31.0 Å². The number of thiazole rings is 1. The number of aromatic nitrogens is 2. The second-order valence-electron chi connectivity index (χ2n) is 9.26. The Morgan fingerprint density at radius 2 is 1.73 bits per heavy atom. The summed E-state index contributed by atoms with van der Waals surface area (Å²) in [5, 5.41) is 36.9. The van der Waals surface area contributed by atoms with Crippen LogP contribution in [0.5, 0.6) is 5.75 Å². The van der Waals surface area contributed by atoms with Gasteiger partial charge in [-0.05, 0) is 42.2 Å². The quantitative estimate of drug-likeness (QED) is 0.164. The minimum absolute atomic E-state index is 0.0879. The summed E-state index contributed by atoms with van der Waals surface area (Å²) in [5.41, 5.74) is 3.77. The van der Waals surface area contributed by atoms with Gasteiger partial charge in [0.15, 0.2) is 0 Å². The Morgan fingerprint density at radius 1 is 1.02 bits per heavy atom. The fraction of sp³-hybridized carbons (Fsp3) is 0.267. The van der Waals surface area contributed by atoms with E-state index in [0.29, 0.717) is 62.1 Å². The van der Waals surface area contributed by atoms with Gasteiger partial charge in [-0.15, -0.1) is 11.3 Å². The Balaban J connectivity index is 1.69. The van der Waals surface area contributed by atoms with Crippen molar-refractivity contribution in [1.29, 1.82) is 10.5 Å². The molecule has 10 heteroatoms. The lowest BCUT2D eigenvalue weighted by Crippen LogP contribution is -2.10. The number of pyridine rings is 1. The molecule has 0 radical (unpaired) electrons. The zero-order chi connectivity index (χ0) is 28.5. The molecule has 2 N–H and O–H groups in total. The van der Waals surface area contributed by atoms with Crippen LogP contribution >= 0.6 is 34.7 Å². The molecule has 2 heterocycles. The second kappa shape index (κ2) is 14.2. The fourth-order valence-corrected chi connectivity index (χ4v) is 5.84. The van der Waals surface area contributed by atoms with Crippen molar-refractivity contribution in [3.8, 4) is 39.6 Å². The molecule has 0 aliphatic rings. The number of ether oxygens (including phenoxy) is 1. The summed E-state index contributed by atoms with van der Waals surface area (Å²) in [6, 6.07) is 19.3. The molecule has 4 rings (SSSR count). The molecule has 0 spiro atoms. The lowest BCUT2D eigenvalue weighted by molar-refractivity contribution is 0.201. The smallest absolute Gasteiger partial charge is 0.146 e. The van der Waals surface area contributed by atoms with Crippen LogP contribution in [0.3, 0.4) is 0 Å². The van der Waals surface area contributed by atoms with Crippen LogP contribution in [0, 0.1) is 28.6 Å². The van der Waals surface area contributed by atoms with E-state index in [1.54, 1.807) is 23.5 Å². The highest BCUT2D eigenvalue weighted by Crippen LogP contribution is 2.38. The van der Waals surface area contributed by atoms with Gasteiger partial charge in [0.2, 0.25) is 0 Å². The third-order valence-corrected chi connectivity index (χ3v) is 8.11. The monoisotopic (exact) mass is 589 g/mol. The molecule has 0 atom stereocenters. The van der Waals surface area contributed by atoms with Gasteiger partial charge in [0.1, 0.15) is 45.9 Å². The van der Waals surface area contributed by atoms with E-state index in [-0.39, 0.29) is 13.2 Å². The number of hydrogen-bond donors (Lipinski definition) is 2.